The van der Waals surface area contributed by atoms with Crippen molar-refractivity contribution in [3.63, 3.8) is 0 Å². The van der Waals surface area contributed by atoms with Gasteiger partial charge in [0.25, 0.3) is 0 Å². The van der Waals surface area contributed by atoms with Crippen molar-refractivity contribution >= 4 is 21.7 Å². The zero-order valence-electron chi connectivity index (χ0n) is 9.91. The number of benzene rings is 2. The van der Waals surface area contributed by atoms with Crippen molar-refractivity contribution < 1.29 is 18.3 Å². The molecule has 0 radical (unpaired) electrons. The second-order valence-corrected chi connectivity index (χ2v) is 4.66. The second kappa shape index (κ2) is 5.48. The molecule has 0 atom stereocenters. The second-order valence-electron chi connectivity index (χ2n) is 3.80. The highest BCUT2D eigenvalue weighted by Gasteiger charge is 2.17. The van der Waals surface area contributed by atoms with Crippen LogP contribution in [0.25, 0.3) is 0 Å². The van der Waals surface area contributed by atoms with Crippen LogP contribution in [0.1, 0.15) is 15.9 Å². The van der Waals surface area contributed by atoms with E-state index in [1.165, 1.54) is 37.4 Å². The molecule has 0 saturated heterocycles. The molecule has 0 fully saturated rings. The first-order valence-corrected chi connectivity index (χ1v) is 6.15. The summed E-state index contributed by atoms with van der Waals surface area (Å²) in [7, 11) is 1.35. The van der Waals surface area contributed by atoms with E-state index in [-0.39, 0.29) is 21.6 Å². The van der Waals surface area contributed by atoms with E-state index in [9.17, 15) is 13.6 Å². The molecule has 0 saturated carbocycles. The van der Waals surface area contributed by atoms with Gasteiger partial charge in [0.15, 0.2) is 5.78 Å². The summed E-state index contributed by atoms with van der Waals surface area (Å²) in [5, 5.41) is 0. The summed E-state index contributed by atoms with van der Waals surface area (Å²) in [6, 6.07) is 7.60. The van der Waals surface area contributed by atoms with Crippen LogP contribution in [0, 0.1) is 11.6 Å². The van der Waals surface area contributed by atoms with Gasteiger partial charge in [-0.2, -0.15) is 0 Å². The van der Waals surface area contributed by atoms with Crippen molar-refractivity contribution in [1.82, 2.24) is 0 Å². The van der Waals surface area contributed by atoms with Crippen LogP contribution in [0.2, 0.25) is 0 Å². The summed E-state index contributed by atoms with van der Waals surface area (Å²) in [6.45, 7) is 0. The van der Waals surface area contributed by atoms with Crippen LogP contribution in [-0.2, 0) is 0 Å². The Kier molecular flexibility index (Phi) is 3.95. The van der Waals surface area contributed by atoms with Crippen LogP contribution < -0.4 is 4.74 Å². The summed E-state index contributed by atoms with van der Waals surface area (Å²) in [4.78, 5) is 12.3. The van der Waals surface area contributed by atoms with E-state index in [1.807, 2.05) is 0 Å². The molecule has 2 nitrogen and oxygen atoms in total. The Bertz CT molecular complexity index is 624. The van der Waals surface area contributed by atoms with Gasteiger partial charge >= 0.3 is 0 Å². The number of methoxy groups -OCH3 is 1. The molecule has 0 aromatic heterocycles. The maximum atomic E-state index is 13.4. The molecule has 0 aliphatic carbocycles. The lowest BCUT2D eigenvalue weighted by atomic mass is 10.0. The first-order valence-electron chi connectivity index (χ1n) is 5.36. The van der Waals surface area contributed by atoms with Gasteiger partial charge in [-0.25, -0.2) is 8.78 Å². The van der Waals surface area contributed by atoms with Gasteiger partial charge in [0.05, 0.1) is 17.1 Å². The van der Waals surface area contributed by atoms with Gasteiger partial charge in [0.1, 0.15) is 17.4 Å². The molecule has 0 N–H and O–H groups in total. The molecule has 0 amide bonds. The normalized spacial score (nSPS) is 10.3. The van der Waals surface area contributed by atoms with Gasteiger partial charge in [0.2, 0.25) is 0 Å². The third-order valence-electron chi connectivity index (χ3n) is 2.59. The molecular formula is C14H9BrF2O2. The minimum Gasteiger partial charge on any atom is -0.496 e. The van der Waals surface area contributed by atoms with Gasteiger partial charge in [-0.15, -0.1) is 0 Å². The monoisotopic (exact) mass is 326 g/mol. The number of halogens is 3. The Hall–Kier alpha value is -1.75. The predicted molar refractivity (Wildman–Crippen MR) is 70.5 cm³/mol. The van der Waals surface area contributed by atoms with E-state index < -0.39 is 11.6 Å². The number of hydrogen-bond donors (Lipinski definition) is 0. The van der Waals surface area contributed by atoms with Crippen LogP contribution in [0.15, 0.2) is 40.9 Å². The standard InChI is InChI=1S/C14H9BrF2O2/c1-19-13-7-12(17)11(15)6-10(13)14(18)8-2-4-9(16)5-3-8/h2-7H,1H3. The van der Waals surface area contributed by atoms with Crippen molar-refractivity contribution in [1.29, 1.82) is 0 Å². The van der Waals surface area contributed by atoms with Gasteiger partial charge in [-0.05, 0) is 46.3 Å². The fourth-order valence-corrected chi connectivity index (χ4v) is 1.98. The summed E-state index contributed by atoms with van der Waals surface area (Å²) in [5.41, 5.74) is 0.514. The first kappa shape index (κ1) is 13.7. The van der Waals surface area contributed by atoms with Gasteiger partial charge in [0, 0.05) is 11.6 Å². The fourth-order valence-electron chi connectivity index (χ4n) is 1.63. The summed E-state index contributed by atoms with van der Waals surface area (Å²) >= 11 is 3.02. The Morgan fingerprint density at radius 1 is 1.16 bits per heavy atom. The maximum absolute atomic E-state index is 13.4. The van der Waals surface area contributed by atoms with E-state index in [0.29, 0.717) is 5.56 Å². The molecule has 2 rings (SSSR count). The molecule has 0 heterocycles. The number of carbonyl (C=O) groups excluding carboxylic acids is 1. The Morgan fingerprint density at radius 3 is 2.37 bits per heavy atom. The fraction of sp³-hybridized carbons (Fsp3) is 0.0714. The summed E-state index contributed by atoms with van der Waals surface area (Å²) in [5.74, 6) is -1.18. The highest BCUT2D eigenvalue weighted by atomic mass is 79.9. The Balaban J connectivity index is 2.49. The molecule has 5 heteroatoms. The lowest BCUT2D eigenvalue weighted by Crippen LogP contribution is -2.05. The van der Waals surface area contributed by atoms with Crippen molar-refractivity contribution in [3.8, 4) is 5.75 Å². The number of ketones is 1. The number of hydrogen-bond acceptors (Lipinski definition) is 2. The maximum Gasteiger partial charge on any atom is 0.196 e. The van der Waals surface area contributed by atoms with Gasteiger partial charge in [-0.1, -0.05) is 0 Å². The van der Waals surface area contributed by atoms with Crippen LogP contribution in [0.3, 0.4) is 0 Å². The zero-order valence-corrected chi connectivity index (χ0v) is 11.5. The van der Waals surface area contributed by atoms with Crippen molar-refractivity contribution in [2.24, 2.45) is 0 Å². The molecule has 0 aliphatic rings. The number of carbonyl (C=O) groups is 1. The molecule has 98 valence electrons. The predicted octanol–water partition coefficient (Wildman–Crippen LogP) is 3.97. The third kappa shape index (κ3) is 2.81. The smallest absolute Gasteiger partial charge is 0.196 e. The topological polar surface area (TPSA) is 26.3 Å². The van der Waals surface area contributed by atoms with E-state index >= 15 is 0 Å². The lowest BCUT2D eigenvalue weighted by Gasteiger charge is -2.09. The van der Waals surface area contributed by atoms with E-state index in [2.05, 4.69) is 15.9 Å². The minimum atomic E-state index is -0.521. The van der Waals surface area contributed by atoms with Crippen LogP contribution in [-0.4, -0.2) is 12.9 Å². The summed E-state index contributed by atoms with van der Waals surface area (Å²) in [6.07, 6.45) is 0. The molecule has 0 spiro atoms. The van der Waals surface area contributed by atoms with Crippen LogP contribution in [0.5, 0.6) is 5.75 Å². The van der Waals surface area contributed by atoms with Crippen molar-refractivity contribution in [2.45, 2.75) is 0 Å². The van der Waals surface area contributed by atoms with E-state index in [4.69, 9.17) is 4.74 Å². The minimum absolute atomic E-state index is 0.134. The number of ether oxygens (including phenoxy) is 1. The average molecular weight is 327 g/mol. The van der Waals surface area contributed by atoms with Gasteiger partial charge in [-0.3, -0.25) is 4.79 Å². The lowest BCUT2D eigenvalue weighted by molar-refractivity contribution is 0.103. The largest absolute Gasteiger partial charge is 0.496 e. The third-order valence-corrected chi connectivity index (χ3v) is 3.20. The van der Waals surface area contributed by atoms with Crippen molar-refractivity contribution in [2.75, 3.05) is 7.11 Å². The molecular weight excluding hydrogens is 318 g/mol. The molecule has 0 aliphatic heterocycles. The van der Waals surface area contributed by atoms with E-state index in [1.54, 1.807) is 0 Å². The quantitative estimate of drug-likeness (QED) is 0.798. The molecule has 0 bridgehead atoms. The van der Waals surface area contributed by atoms with Crippen LogP contribution in [0.4, 0.5) is 8.78 Å². The molecule has 19 heavy (non-hydrogen) atoms. The SMILES string of the molecule is COc1cc(F)c(Br)cc1C(=O)c1ccc(F)cc1. The molecule has 0 unspecified atom stereocenters. The Morgan fingerprint density at radius 2 is 1.79 bits per heavy atom. The molecule has 2 aromatic rings. The Labute approximate surface area is 117 Å². The van der Waals surface area contributed by atoms with Crippen molar-refractivity contribution in [3.05, 3.63) is 63.6 Å². The highest BCUT2D eigenvalue weighted by Crippen LogP contribution is 2.28. The van der Waals surface area contributed by atoms with Gasteiger partial charge < -0.3 is 4.74 Å². The summed E-state index contributed by atoms with van der Waals surface area (Å²) < 4.78 is 31.4. The first-order chi connectivity index (χ1) is 9.02. The van der Waals surface area contributed by atoms with Crippen LogP contribution >= 0.6 is 15.9 Å². The average Bonchev–Trinajstić information content (AvgIpc) is 2.41. The molecule has 2 aromatic carbocycles. The number of rotatable bonds is 3. The van der Waals surface area contributed by atoms with E-state index in [0.717, 1.165) is 6.07 Å². The zero-order chi connectivity index (χ0) is 14.0. The highest BCUT2D eigenvalue weighted by molar-refractivity contribution is 9.10.